The van der Waals surface area contributed by atoms with Crippen molar-refractivity contribution >= 4 is 11.8 Å². The van der Waals surface area contributed by atoms with Gasteiger partial charge in [0.25, 0.3) is 0 Å². The minimum Gasteiger partial charge on any atom is -0.489 e. The first-order chi connectivity index (χ1) is 21.4. The lowest BCUT2D eigenvalue weighted by Crippen LogP contribution is -2.51. The normalized spacial score (nSPS) is 17.5. The highest BCUT2D eigenvalue weighted by Crippen LogP contribution is 2.35. The van der Waals surface area contributed by atoms with Crippen LogP contribution in [0.3, 0.4) is 0 Å². The second-order valence-corrected chi connectivity index (χ2v) is 12.0. The number of rotatable bonds is 13. The van der Waals surface area contributed by atoms with Crippen molar-refractivity contribution in [3.05, 3.63) is 101 Å². The molecule has 1 N–H and O–H groups in total. The van der Waals surface area contributed by atoms with Crippen LogP contribution in [0.4, 0.5) is 0 Å². The lowest BCUT2D eigenvalue weighted by molar-refractivity contribution is -0.142. The van der Waals surface area contributed by atoms with E-state index in [0.717, 1.165) is 47.6 Å². The summed E-state index contributed by atoms with van der Waals surface area (Å²) in [5.41, 5.74) is 3.80. The van der Waals surface area contributed by atoms with Crippen molar-refractivity contribution in [1.29, 1.82) is 0 Å². The summed E-state index contributed by atoms with van der Waals surface area (Å²) in [6, 6.07) is 25.1. The lowest BCUT2D eigenvalue weighted by atomic mass is 9.88. The summed E-state index contributed by atoms with van der Waals surface area (Å²) < 4.78 is 6.10. The van der Waals surface area contributed by atoms with Gasteiger partial charge >= 0.3 is 0 Å². The number of fused-ring (bicyclic) bond motifs is 1. The summed E-state index contributed by atoms with van der Waals surface area (Å²) in [7, 11) is 0. The lowest BCUT2D eigenvalue weighted by Gasteiger charge is -2.39. The van der Waals surface area contributed by atoms with Gasteiger partial charge < -0.3 is 15.0 Å². The van der Waals surface area contributed by atoms with E-state index < -0.39 is 12.0 Å². The van der Waals surface area contributed by atoms with Crippen LogP contribution in [0.2, 0.25) is 0 Å². The molecule has 1 fully saturated rings. The second kappa shape index (κ2) is 14.6. The van der Waals surface area contributed by atoms with Crippen molar-refractivity contribution in [3.8, 4) is 18.1 Å². The molecule has 3 aromatic rings. The Labute approximate surface area is 262 Å². The molecule has 0 radical (unpaired) electrons. The molecule has 0 spiro atoms. The number of terminal acetylenes is 1. The predicted octanol–water partition coefficient (Wildman–Crippen LogP) is 4.99. The number of benzene rings is 3. The zero-order chi connectivity index (χ0) is 31.1. The maximum absolute atomic E-state index is 14.2. The summed E-state index contributed by atoms with van der Waals surface area (Å²) in [6.07, 6.45) is 6.96. The van der Waals surface area contributed by atoms with Gasteiger partial charge in [0.05, 0.1) is 12.1 Å². The van der Waals surface area contributed by atoms with Gasteiger partial charge in [0.2, 0.25) is 11.8 Å². The van der Waals surface area contributed by atoms with Crippen molar-refractivity contribution in [1.82, 2.24) is 20.0 Å². The Bertz CT molecular complexity index is 1450. The van der Waals surface area contributed by atoms with E-state index in [-0.39, 0.29) is 18.2 Å². The molecule has 2 aliphatic heterocycles. The highest BCUT2D eigenvalue weighted by molar-refractivity contribution is 5.92. The number of carbonyl (C=O) groups excluding carboxylic acids is 2. The fourth-order valence-corrected chi connectivity index (χ4v) is 6.23. The second-order valence-electron chi connectivity index (χ2n) is 12.0. The molecule has 3 unspecified atom stereocenters. The molecule has 0 bridgehead atoms. The minimum atomic E-state index is -0.754. The van der Waals surface area contributed by atoms with Gasteiger partial charge in [-0.15, -0.1) is 12.3 Å². The largest absolute Gasteiger partial charge is 0.489 e. The third kappa shape index (κ3) is 7.50. The van der Waals surface area contributed by atoms with Crippen LogP contribution in [0.1, 0.15) is 61.4 Å². The smallest absolute Gasteiger partial charge is 0.247 e. The summed E-state index contributed by atoms with van der Waals surface area (Å²) in [5.74, 6) is 2.63. The zero-order valence-electron chi connectivity index (χ0n) is 26.1. The molecule has 7 nitrogen and oxygen atoms in total. The van der Waals surface area contributed by atoms with E-state index in [0.29, 0.717) is 38.3 Å². The molecule has 0 saturated carbocycles. The van der Waals surface area contributed by atoms with Crippen LogP contribution in [-0.4, -0.2) is 71.4 Å². The van der Waals surface area contributed by atoms with E-state index in [4.69, 9.17) is 11.2 Å². The summed E-state index contributed by atoms with van der Waals surface area (Å²) in [6.45, 7) is 10.9. The highest BCUT2D eigenvalue weighted by atomic mass is 16.5. The van der Waals surface area contributed by atoms with Crippen molar-refractivity contribution < 1.29 is 14.3 Å². The van der Waals surface area contributed by atoms with E-state index in [9.17, 15) is 9.59 Å². The quantitative estimate of drug-likeness (QED) is 0.224. The van der Waals surface area contributed by atoms with Crippen LogP contribution in [0.5, 0.6) is 5.75 Å². The molecule has 1 saturated heterocycles. The van der Waals surface area contributed by atoms with E-state index in [2.05, 4.69) is 41.8 Å². The van der Waals surface area contributed by atoms with Crippen molar-refractivity contribution in [3.63, 3.8) is 0 Å². The predicted molar refractivity (Wildman–Crippen MR) is 174 cm³/mol. The Morgan fingerprint density at radius 3 is 2.36 bits per heavy atom. The Morgan fingerprint density at radius 2 is 1.70 bits per heavy atom. The number of hydrogen-bond donors (Lipinski definition) is 1. The SMILES string of the molecule is C#CCC(C(=O)N1CCc2cc(OCc3ccccc3)ccc2C1C(=O)NCCN(C(C)C)C(C)N1CC1)c1ccccc1. The third-order valence-corrected chi connectivity index (χ3v) is 8.77. The average molecular weight is 593 g/mol. The zero-order valence-corrected chi connectivity index (χ0v) is 26.1. The fraction of sp³-hybridized carbons (Fsp3) is 0.405. The number of ether oxygens (including phenoxy) is 1. The molecule has 230 valence electrons. The number of carbonyl (C=O) groups is 2. The van der Waals surface area contributed by atoms with E-state index >= 15 is 0 Å². The summed E-state index contributed by atoms with van der Waals surface area (Å²) >= 11 is 0. The van der Waals surface area contributed by atoms with Gasteiger partial charge in [0, 0.05) is 45.2 Å². The van der Waals surface area contributed by atoms with Crippen LogP contribution in [0, 0.1) is 12.3 Å². The first kappa shape index (κ1) is 31.3. The molecule has 2 aliphatic rings. The molecule has 2 amide bonds. The van der Waals surface area contributed by atoms with Gasteiger partial charge in [-0.3, -0.25) is 19.4 Å². The number of amides is 2. The van der Waals surface area contributed by atoms with Crippen LogP contribution in [0.15, 0.2) is 78.9 Å². The van der Waals surface area contributed by atoms with Gasteiger partial charge in [0.15, 0.2) is 0 Å². The van der Waals surface area contributed by atoms with Crippen molar-refractivity contribution in [2.75, 3.05) is 32.7 Å². The summed E-state index contributed by atoms with van der Waals surface area (Å²) in [4.78, 5) is 34.8. The first-order valence-corrected chi connectivity index (χ1v) is 15.7. The van der Waals surface area contributed by atoms with E-state index in [1.807, 2.05) is 78.9 Å². The number of nitrogens with one attached hydrogen (secondary N) is 1. The van der Waals surface area contributed by atoms with Crippen LogP contribution < -0.4 is 10.1 Å². The van der Waals surface area contributed by atoms with Gasteiger partial charge in [-0.05, 0) is 61.6 Å². The van der Waals surface area contributed by atoms with E-state index in [1.54, 1.807) is 4.90 Å². The Morgan fingerprint density at radius 1 is 1.00 bits per heavy atom. The molecule has 5 rings (SSSR count). The van der Waals surface area contributed by atoms with Gasteiger partial charge in [-0.25, -0.2) is 0 Å². The third-order valence-electron chi connectivity index (χ3n) is 8.77. The highest BCUT2D eigenvalue weighted by Gasteiger charge is 2.39. The van der Waals surface area contributed by atoms with Crippen molar-refractivity contribution in [2.24, 2.45) is 0 Å². The van der Waals surface area contributed by atoms with Crippen LogP contribution >= 0.6 is 0 Å². The Hall–Kier alpha value is -4.12. The maximum atomic E-state index is 14.2. The molecule has 2 heterocycles. The molecular formula is C37H44N4O3. The first-order valence-electron chi connectivity index (χ1n) is 15.7. The van der Waals surface area contributed by atoms with Gasteiger partial charge in [0.1, 0.15) is 18.4 Å². The molecular weight excluding hydrogens is 548 g/mol. The molecule has 7 heteroatoms. The minimum absolute atomic E-state index is 0.122. The van der Waals surface area contributed by atoms with Gasteiger partial charge in [-0.2, -0.15) is 0 Å². The van der Waals surface area contributed by atoms with Crippen LogP contribution in [0.25, 0.3) is 0 Å². The molecule has 0 aromatic heterocycles. The average Bonchev–Trinajstić information content (AvgIpc) is 3.90. The molecule has 3 aromatic carbocycles. The summed E-state index contributed by atoms with van der Waals surface area (Å²) in [5, 5.41) is 3.19. The standard InChI is InChI=1S/C37H44N4O3/c1-5-12-34(30-15-10-7-11-16-30)37(43)41-21-19-31-25-32(44-26-29-13-8-6-9-14-29)17-18-33(31)35(41)36(42)38-20-22-40(27(2)3)28(4)39-23-24-39/h1,6-11,13-18,25,27-28,34-35H,12,19-24,26H2,2-4H3,(H,38,42). The molecule has 44 heavy (non-hydrogen) atoms. The van der Waals surface area contributed by atoms with Crippen molar-refractivity contribution in [2.45, 2.75) is 64.4 Å². The Kier molecular flexibility index (Phi) is 10.4. The van der Waals surface area contributed by atoms with E-state index in [1.165, 1.54) is 0 Å². The number of nitrogens with zero attached hydrogens (tertiary/aromatic N) is 3. The van der Waals surface area contributed by atoms with Gasteiger partial charge in [-0.1, -0.05) is 66.7 Å². The molecule has 0 aliphatic carbocycles. The monoisotopic (exact) mass is 592 g/mol. The topological polar surface area (TPSA) is 64.9 Å². The Balaban J connectivity index is 1.38. The fourth-order valence-electron chi connectivity index (χ4n) is 6.23. The number of hydrogen-bond acceptors (Lipinski definition) is 5. The molecule has 3 atom stereocenters. The maximum Gasteiger partial charge on any atom is 0.247 e. The van der Waals surface area contributed by atoms with Crippen LogP contribution in [-0.2, 0) is 22.6 Å².